The SMILES string of the molecule is N#CC1(n2cc([CH]CS(=O)(=O)C(N)=O)nn2)CC1. The minimum Gasteiger partial charge on any atom is -0.356 e. The van der Waals surface area contributed by atoms with Crippen molar-refractivity contribution in [1.29, 1.82) is 5.26 Å². The third-order valence-corrected chi connectivity index (χ3v) is 3.92. The lowest BCUT2D eigenvalue weighted by atomic mass is 10.3. The molecule has 1 fully saturated rings. The molecule has 1 saturated carbocycles. The zero-order valence-corrected chi connectivity index (χ0v) is 10.1. The summed E-state index contributed by atoms with van der Waals surface area (Å²) in [6.45, 7) is 0. The lowest BCUT2D eigenvalue weighted by Gasteiger charge is -2.02. The molecule has 18 heavy (non-hydrogen) atoms. The molecule has 2 rings (SSSR count). The van der Waals surface area contributed by atoms with Crippen LogP contribution in [0.3, 0.4) is 0 Å². The highest BCUT2D eigenvalue weighted by molar-refractivity contribution is 8.06. The molecule has 1 amide bonds. The second-order valence-electron chi connectivity index (χ2n) is 4.04. The van der Waals surface area contributed by atoms with E-state index in [2.05, 4.69) is 16.4 Å². The Bertz CT molecular complexity index is 623. The first-order valence-corrected chi connectivity index (χ1v) is 6.74. The van der Waals surface area contributed by atoms with E-state index >= 15 is 0 Å². The molecule has 0 aliphatic heterocycles. The first kappa shape index (κ1) is 12.5. The number of aromatic nitrogens is 3. The van der Waals surface area contributed by atoms with Crippen LogP contribution in [0.2, 0.25) is 0 Å². The second-order valence-corrected chi connectivity index (χ2v) is 6.00. The van der Waals surface area contributed by atoms with Crippen LogP contribution in [0.5, 0.6) is 0 Å². The molecule has 9 heteroatoms. The van der Waals surface area contributed by atoms with Crippen LogP contribution in [0, 0.1) is 17.8 Å². The van der Waals surface area contributed by atoms with E-state index in [9.17, 15) is 13.2 Å². The fraction of sp³-hybridized carbons (Fsp3) is 0.444. The molecule has 2 N–H and O–H groups in total. The smallest absolute Gasteiger partial charge is 0.333 e. The van der Waals surface area contributed by atoms with Crippen LogP contribution in [0.15, 0.2) is 6.20 Å². The predicted molar refractivity (Wildman–Crippen MR) is 59.6 cm³/mol. The van der Waals surface area contributed by atoms with Crippen molar-refractivity contribution in [3.05, 3.63) is 18.3 Å². The first-order chi connectivity index (χ1) is 8.39. The van der Waals surface area contributed by atoms with E-state index in [4.69, 9.17) is 11.0 Å². The number of nitrogens with two attached hydrogens (primary N) is 1. The van der Waals surface area contributed by atoms with Crippen molar-refractivity contribution in [2.45, 2.75) is 18.4 Å². The van der Waals surface area contributed by atoms with Crippen LogP contribution in [-0.4, -0.2) is 34.4 Å². The maximum atomic E-state index is 11.2. The van der Waals surface area contributed by atoms with E-state index in [1.165, 1.54) is 17.3 Å². The number of amides is 1. The van der Waals surface area contributed by atoms with Crippen molar-refractivity contribution in [2.24, 2.45) is 5.73 Å². The van der Waals surface area contributed by atoms with E-state index in [1.807, 2.05) is 0 Å². The highest BCUT2D eigenvalue weighted by atomic mass is 32.2. The van der Waals surface area contributed by atoms with Crippen molar-refractivity contribution in [2.75, 3.05) is 5.75 Å². The summed E-state index contributed by atoms with van der Waals surface area (Å²) in [6.07, 6.45) is 4.11. The Balaban J connectivity index is 2.05. The number of hydrogen-bond donors (Lipinski definition) is 1. The summed E-state index contributed by atoms with van der Waals surface area (Å²) >= 11 is 0. The molecule has 8 nitrogen and oxygen atoms in total. The van der Waals surface area contributed by atoms with E-state index < -0.39 is 26.4 Å². The molecule has 0 aromatic carbocycles. The lowest BCUT2D eigenvalue weighted by Crippen LogP contribution is -2.24. The quantitative estimate of drug-likeness (QED) is 0.770. The van der Waals surface area contributed by atoms with Crippen molar-refractivity contribution in [3.63, 3.8) is 0 Å². The molecule has 1 aromatic rings. The van der Waals surface area contributed by atoms with Gasteiger partial charge >= 0.3 is 5.24 Å². The zero-order chi connectivity index (χ0) is 13.4. The highest BCUT2D eigenvalue weighted by Gasteiger charge is 2.46. The van der Waals surface area contributed by atoms with Crippen molar-refractivity contribution >= 4 is 15.1 Å². The molecule has 0 bridgehead atoms. The normalized spacial score (nSPS) is 17.1. The molecular formula is C9H10N5O3S. The van der Waals surface area contributed by atoms with Gasteiger partial charge < -0.3 is 5.73 Å². The van der Waals surface area contributed by atoms with Crippen LogP contribution in [0.4, 0.5) is 4.79 Å². The van der Waals surface area contributed by atoms with Crippen LogP contribution in [0.25, 0.3) is 0 Å². The number of hydrogen-bond acceptors (Lipinski definition) is 6. The molecule has 1 aromatic heterocycles. The Morgan fingerprint density at radius 3 is 2.83 bits per heavy atom. The summed E-state index contributed by atoms with van der Waals surface area (Å²) in [5.74, 6) is -0.527. The van der Waals surface area contributed by atoms with E-state index in [0.717, 1.165) is 0 Å². The van der Waals surface area contributed by atoms with Crippen LogP contribution in [0.1, 0.15) is 18.5 Å². The summed E-state index contributed by atoms with van der Waals surface area (Å²) < 4.78 is 23.7. The maximum absolute atomic E-state index is 11.2. The van der Waals surface area contributed by atoms with Gasteiger partial charge in [-0.1, -0.05) is 5.21 Å². The average Bonchev–Trinajstić information content (AvgIpc) is 2.98. The molecule has 1 aliphatic rings. The van der Waals surface area contributed by atoms with Gasteiger partial charge in [-0.25, -0.2) is 13.1 Å². The third kappa shape index (κ3) is 2.19. The Kier molecular flexibility index (Phi) is 2.82. The van der Waals surface area contributed by atoms with Crippen LogP contribution >= 0.6 is 0 Å². The monoisotopic (exact) mass is 268 g/mol. The van der Waals surface area contributed by atoms with Gasteiger partial charge in [0.25, 0.3) is 0 Å². The third-order valence-electron chi connectivity index (χ3n) is 2.70. The van der Waals surface area contributed by atoms with Crippen LogP contribution < -0.4 is 5.73 Å². The number of primary amides is 1. The van der Waals surface area contributed by atoms with Crippen molar-refractivity contribution < 1.29 is 13.2 Å². The van der Waals surface area contributed by atoms with Gasteiger partial charge in [0, 0.05) is 6.42 Å². The largest absolute Gasteiger partial charge is 0.356 e. The number of carbonyl (C=O) groups is 1. The Hall–Kier alpha value is -1.95. The number of sulfone groups is 1. The molecule has 0 saturated heterocycles. The van der Waals surface area contributed by atoms with E-state index in [-0.39, 0.29) is 0 Å². The predicted octanol–water partition coefficient (Wildman–Crippen LogP) is -0.663. The second kappa shape index (κ2) is 4.06. The topological polar surface area (TPSA) is 132 Å². The van der Waals surface area contributed by atoms with E-state index in [0.29, 0.717) is 18.5 Å². The van der Waals surface area contributed by atoms with Crippen molar-refractivity contribution in [1.82, 2.24) is 15.0 Å². The maximum Gasteiger partial charge on any atom is 0.333 e. The number of nitriles is 1. The minimum atomic E-state index is -3.97. The standard InChI is InChI=1S/C9H10N5O3S/c10-6-9(2-3-9)14-5-7(12-13-14)1-4-18(16,17)8(11)15/h1,5H,2-4H2,(H2,11,15). The Labute approximate surface area is 103 Å². The molecular weight excluding hydrogens is 258 g/mol. The Morgan fingerprint density at radius 1 is 1.67 bits per heavy atom. The van der Waals surface area contributed by atoms with Gasteiger partial charge in [0.2, 0.25) is 9.84 Å². The van der Waals surface area contributed by atoms with Gasteiger partial charge in [-0.15, -0.1) is 5.10 Å². The first-order valence-electron chi connectivity index (χ1n) is 5.09. The molecule has 95 valence electrons. The lowest BCUT2D eigenvalue weighted by molar-refractivity contribution is 0.265. The highest BCUT2D eigenvalue weighted by Crippen LogP contribution is 2.41. The molecule has 0 atom stereocenters. The summed E-state index contributed by atoms with van der Waals surface area (Å²) in [5.41, 5.74) is 4.36. The molecule has 1 radical (unpaired) electrons. The minimum absolute atomic E-state index is 0.293. The van der Waals surface area contributed by atoms with E-state index in [1.54, 1.807) is 0 Å². The fourth-order valence-electron chi connectivity index (χ4n) is 1.37. The number of rotatable bonds is 4. The number of carbonyl (C=O) groups excluding carboxylic acids is 1. The van der Waals surface area contributed by atoms with Gasteiger partial charge in [0.15, 0.2) is 5.54 Å². The molecule has 1 heterocycles. The van der Waals surface area contributed by atoms with Gasteiger partial charge in [0.1, 0.15) is 0 Å². The Morgan fingerprint density at radius 2 is 2.33 bits per heavy atom. The van der Waals surface area contributed by atoms with Gasteiger partial charge in [-0.2, -0.15) is 5.26 Å². The summed E-state index contributed by atoms with van der Waals surface area (Å²) in [7, 11) is -3.97. The number of nitrogens with zero attached hydrogens (tertiary/aromatic N) is 4. The summed E-state index contributed by atoms with van der Waals surface area (Å²) in [5, 5.41) is 15.1. The fourth-order valence-corrected chi connectivity index (χ4v) is 1.92. The summed E-state index contributed by atoms with van der Waals surface area (Å²) in [6, 6.07) is 2.13. The van der Waals surface area contributed by atoms with Crippen LogP contribution in [-0.2, 0) is 15.4 Å². The molecule has 0 spiro atoms. The van der Waals surface area contributed by atoms with Gasteiger partial charge in [0.05, 0.1) is 23.7 Å². The molecule has 0 unspecified atom stereocenters. The average molecular weight is 268 g/mol. The van der Waals surface area contributed by atoms with Gasteiger partial charge in [-0.05, 0) is 12.8 Å². The van der Waals surface area contributed by atoms with Crippen molar-refractivity contribution in [3.8, 4) is 6.07 Å². The zero-order valence-electron chi connectivity index (χ0n) is 9.28. The summed E-state index contributed by atoms with van der Waals surface area (Å²) in [4.78, 5) is 10.6. The molecule has 1 aliphatic carbocycles. The van der Waals surface area contributed by atoms with Gasteiger partial charge in [-0.3, -0.25) is 4.79 Å².